The minimum Gasteiger partial charge on any atom is -0.491 e. The monoisotopic (exact) mass is 229 g/mol. The molecule has 1 aromatic rings. The average molecular weight is 230 g/mol. The summed E-state index contributed by atoms with van der Waals surface area (Å²) in [6, 6.07) is 5.56. The largest absolute Gasteiger partial charge is 0.491 e. The van der Waals surface area contributed by atoms with Crippen LogP contribution in [-0.2, 0) is 11.2 Å². The molecule has 0 radical (unpaired) electrons. The van der Waals surface area contributed by atoms with Crippen LogP contribution in [0.15, 0.2) is 18.2 Å². The molecule has 0 heterocycles. The molecule has 1 rings (SSSR count). The highest BCUT2D eigenvalue weighted by Crippen LogP contribution is 2.23. The maximum Gasteiger partial charge on any atom is 0.122 e. The summed E-state index contributed by atoms with van der Waals surface area (Å²) in [4.78, 5) is 0. The molecular formula is C11H16ClNO2. The quantitative estimate of drug-likeness (QED) is 0.758. The highest BCUT2D eigenvalue weighted by Gasteiger charge is 2.03. The molecule has 0 unspecified atom stereocenters. The molecule has 0 atom stereocenters. The van der Waals surface area contributed by atoms with Crippen molar-refractivity contribution in [3.63, 3.8) is 0 Å². The molecule has 0 bridgehead atoms. The van der Waals surface area contributed by atoms with Crippen LogP contribution in [-0.4, -0.2) is 26.9 Å². The number of hydrogen-bond acceptors (Lipinski definition) is 3. The summed E-state index contributed by atoms with van der Waals surface area (Å²) < 4.78 is 10.5. The average Bonchev–Trinajstić information content (AvgIpc) is 2.22. The van der Waals surface area contributed by atoms with Gasteiger partial charge in [0, 0.05) is 12.1 Å². The Hall–Kier alpha value is -0.770. The van der Waals surface area contributed by atoms with E-state index < -0.39 is 0 Å². The van der Waals surface area contributed by atoms with Crippen LogP contribution in [0.25, 0.3) is 0 Å². The predicted molar refractivity (Wildman–Crippen MR) is 61.6 cm³/mol. The van der Waals surface area contributed by atoms with Crippen LogP contribution in [0.4, 0.5) is 0 Å². The van der Waals surface area contributed by atoms with Gasteiger partial charge < -0.3 is 15.2 Å². The molecule has 0 aliphatic rings. The van der Waals surface area contributed by atoms with E-state index >= 15 is 0 Å². The third-order valence-electron chi connectivity index (χ3n) is 1.98. The number of hydrogen-bond donors (Lipinski definition) is 1. The molecule has 0 spiro atoms. The zero-order valence-corrected chi connectivity index (χ0v) is 9.59. The van der Waals surface area contributed by atoms with Crippen LogP contribution in [0.5, 0.6) is 5.75 Å². The lowest BCUT2D eigenvalue weighted by Crippen LogP contribution is -2.08. The lowest BCUT2D eigenvalue weighted by Gasteiger charge is -2.10. The smallest absolute Gasteiger partial charge is 0.122 e. The second kappa shape index (κ2) is 6.67. The van der Waals surface area contributed by atoms with Crippen LogP contribution >= 0.6 is 11.6 Å². The molecule has 0 aliphatic carbocycles. The van der Waals surface area contributed by atoms with Crippen molar-refractivity contribution < 1.29 is 9.47 Å². The summed E-state index contributed by atoms with van der Waals surface area (Å²) in [5.74, 6) is 0.835. The molecule has 1 aromatic carbocycles. The van der Waals surface area contributed by atoms with Crippen LogP contribution < -0.4 is 10.5 Å². The maximum absolute atomic E-state index is 5.89. The Kier molecular flexibility index (Phi) is 5.47. The molecule has 2 N–H and O–H groups in total. The van der Waals surface area contributed by atoms with Gasteiger partial charge in [0.15, 0.2) is 0 Å². The van der Waals surface area contributed by atoms with Gasteiger partial charge in [-0.15, -0.1) is 0 Å². The van der Waals surface area contributed by atoms with Crippen molar-refractivity contribution in [3.05, 3.63) is 28.8 Å². The fraction of sp³-hybridized carbons (Fsp3) is 0.455. The Bertz CT molecular complexity index is 305. The summed E-state index contributed by atoms with van der Waals surface area (Å²) in [5, 5.41) is 0.706. The molecule has 0 saturated carbocycles. The molecule has 0 amide bonds. The van der Waals surface area contributed by atoms with E-state index in [0.717, 1.165) is 17.7 Å². The van der Waals surface area contributed by atoms with E-state index in [1.807, 2.05) is 18.2 Å². The van der Waals surface area contributed by atoms with Gasteiger partial charge in [-0.25, -0.2) is 0 Å². The zero-order chi connectivity index (χ0) is 11.1. The number of halogens is 1. The zero-order valence-electron chi connectivity index (χ0n) is 8.83. The van der Waals surface area contributed by atoms with E-state index in [2.05, 4.69) is 0 Å². The molecule has 84 valence electrons. The Morgan fingerprint density at radius 3 is 2.80 bits per heavy atom. The van der Waals surface area contributed by atoms with Gasteiger partial charge in [0.25, 0.3) is 0 Å². The van der Waals surface area contributed by atoms with Crippen molar-refractivity contribution in [3.8, 4) is 5.75 Å². The summed E-state index contributed by atoms with van der Waals surface area (Å²) in [5.41, 5.74) is 6.55. The van der Waals surface area contributed by atoms with Gasteiger partial charge in [-0.3, -0.25) is 0 Å². The van der Waals surface area contributed by atoms with E-state index in [1.165, 1.54) is 0 Å². The number of rotatable bonds is 6. The maximum atomic E-state index is 5.89. The molecule has 15 heavy (non-hydrogen) atoms. The molecule has 0 aromatic heterocycles. The minimum absolute atomic E-state index is 0.537. The summed E-state index contributed by atoms with van der Waals surface area (Å²) >= 11 is 5.89. The van der Waals surface area contributed by atoms with Crippen molar-refractivity contribution in [1.82, 2.24) is 0 Å². The topological polar surface area (TPSA) is 44.5 Å². The van der Waals surface area contributed by atoms with Gasteiger partial charge in [0.05, 0.1) is 6.61 Å². The molecule has 4 heteroatoms. The first-order valence-electron chi connectivity index (χ1n) is 4.88. The number of benzene rings is 1. The van der Waals surface area contributed by atoms with E-state index in [-0.39, 0.29) is 0 Å². The van der Waals surface area contributed by atoms with Crippen molar-refractivity contribution in [2.75, 3.05) is 26.9 Å². The van der Waals surface area contributed by atoms with Crippen LogP contribution in [0.2, 0.25) is 5.02 Å². The fourth-order valence-corrected chi connectivity index (χ4v) is 1.47. The predicted octanol–water partition coefficient (Wildman–Crippen LogP) is 1.87. The van der Waals surface area contributed by atoms with E-state index in [1.54, 1.807) is 7.11 Å². The third kappa shape index (κ3) is 4.08. The van der Waals surface area contributed by atoms with Gasteiger partial charge in [-0.05, 0) is 36.7 Å². The van der Waals surface area contributed by atoms with Crippen molar-refractivity contribution >= 4 is 11.6 Å². The molecular weight excluding hydrogens is 214 g/mol. The SMILES string of the molecule is COCCOc1ccc(Cl)cc1CCN. The summed E-state index contributed by atoms with van der Waals surface area (Å²) in [7, 11) is 1.64. The summed E-state index contributed by atoms with van der Waals surface area (Å²) in [6.45, 7) is 1.70. The Labute approximate surface area is 95.1 Å². The van der Waals surface area contributed by atoms with Crippen molar-refractivity contribution in [1.29, 1.82) is 0 Å². The third-order valence-corrected chi connectivity index (χ3v) is 2.22. The second-order valence-corrected chi connectivity index (χ2v) is 3.57. The lowest BCUT2D eigenvalue weighted by atomic mass is 10.1. The normalized spacial score (nSPS) is 10.3. The van der Waals surface area contributed by atoms with E-state index in [0.29, 0.717) is 24.8 Å². The van der Waals surface area contributed by atoms with Gasteiger partial charge in [0.1, 0.15) is 12.4 Å². The molecule has 3 nitrogen and oxygen atoms in total. The second-order valence-electron chi connectivity index (χ2n) is 3.13. The fourth-order valence-electron chi connectivity index (χ4n) is 1.27. The first-order valence-corrected chi connectivity index (χ1v) is 5.26. The standard InChI is InChI=1S/C11H16ClNO2/c1-14-6-7-15-11-3-2-10(12)8-9(11)4-5-13/h2-3,8H,4-7,13H2,1H3. The van der Waals surface area contributed by atoms with Crippen LogP contribution in [0.1, 0.15) is 5.56 Å². The van der Waals surface area contributed by atoms with Crippen LogP contribution in [0, 0.1) is 0 Å². The van der Waals surface area contributed by atoms with Crippen molar-refractivity contribution in [2.24, 2.45) is 5.73 Å². The Morgan fingerprint density at radius 1 is 1.33 bits per heavy atom. The summed E-state index contributed by atoms with van der Waals surface area (Å²) in [6.07, 6.45) is 0.767. The molecule has 0 fully saturated rings. The van der Waals surface area contributed by atoms with Gasteiger partial charge in [0.2, 0.25) is 0 Å². The lowest BCUT2D eigenvalue weighted by molar-refractivity contribution is 0.146. The minimum atomic E-state index is 0.537. The Balaban J connectivity index is 2.67. The first kappa shape index (κ1) is 12.3. The van der Waals surface area contributed by atoms with Crippen LogP contribution in [0.3, 0.4) is 0 Å². The molecule has 0 saturated heterocycles. The van der Waals surface area contributed by atoms with Crippen molar-refractivity contribution in [2.45, 2.75) is 6.42 Å². The highest BCUT2D eigenvalue weighted by atomic mass is 35.5. The van der Waals surface area contributed by atoms with Gasteiger partial charge in [-0.2, -0.15) is 0 Å². The van der Waals surface area contributed by atoms with Gasteiger partial charge in [-0.1, -0.05) is 11.6 Å². The van der Waals surface area contributed by atoms with E-state index in [4.69, 9.17) is 26.8 Å². The molecule has 0 aliphatic heterocycles. The number of ether oxygens (including phenoxy) is 2. The number of nitrogens with two attached hydrogens (primary N) is 1. The number of methoxy groups -OCH3 is 1. The Morgan fingerprint density at radius 2 is 2.13 bits per heavy atom. The first-order chi connectivity index (χ1) is 7.27. The van der Waals surface area contributed by atoms with E-state index in [9.17, 15) is 0 Å². The highest BCUT2D eigenvalue weighted by molar-refractivity contribution is 6.30. The van der Waals surface area contributed by atoms with Gasteiger partial charge >= 0.3 is 0 Å².